The summed E-state index contributed by atoms with van der Waals surface area (Å²) >= 11 is 0. The minimum absolute atomic E-state index is 0.0122. The lowest BCUT2D eigenvalue weighted by atomic mass is 9.98. The Bertz CT molecular complexity index is 1070. The van der Waals surface area contributed by atoms with Gasteiger partial charge >= 0.3 is 12.1 Å². The Balaban J connectivity index is 1.15. The van der Waals surface area contributed by atoms with E-state index in [9.17, 15) is 19.5 Å². The number of rotatable bonds is 7. The number of carboxylic acids is 1. The number of benzene rings is 2. The smallest absolute Gasteiger partial charge is 0.407 e. The number of alkyl carbamates (subject to hydrolysis) is 1. The Hall–Kier alpha value is -3.35. The number of hydrogen-bond donors (Lipinski definition) is 2. The fraction of sp³-hybridized carbons (Fsp3) is 0.444. The van der Waals surface area contributed by atoms with Gasteiger partial charge in [-0.15, -0.1) is 0 Å². The number of nitrogens with one attached hydrogen (secondary N) is 1. The lowest BCUT2D eigenvalue weighted by molar-refractivity contribution is -0.139. The first-order chi connectivity index (χ1) is 16.5. The summed E-state index contributed by atoms with van der Waals surface area (Å²) in [5.41, 5.74) is 4.66. The molecule has 178 valence electrons. The number of aliphatic carboxylic acids is 1. The second-order valence-electron chi connectivity index (χ2n) is 9.60. The van der Waals surface area contributed by atoms with Crippen LogP contribution in [0.5, 0.6) is 0 Å². The summed E-state index contributed by atoms with van der Waals surface area (Å²) in [5, 5.41) is 12.1. The summed E-state index contributed by atoms with van der Waals surface area (Å²) in [6.45, 7) is 3.25. The molecule has 2 aromatic rings. The van der Waals surface area contributed by atoms with Gasteiger partial charge in [0.1, 0.15) is 6.61 Å². The molecule has 0 bridgehead atoms. The number of amides is 2. The molecule has 2 aromatic carbocycles. The summed E-state index contributed by atoms with van der Waals surface area (Å²) < 4.78 is 5.62. The molecule has 1 saturated heterocycles. The predicted octanol–water partition coefficient (Wildman–Crippen LogP) is 3.87. The first-order valence-electron chi connectivity index (χ1n) is 12.1. The number of likely N-dealkylation sites (tertiary alicyclic amines) is 1. The van der Waals surface area contributed by atoms with E-state index in [1.807, 2.05) is 31.2 Å². The van der Waals surface area contributed by atoms with Crippen molar-refractivity contribution in [1.29, 1.82) is 0 Å². The van der Waals surface area contributed by atoms with Gasteiger partial charge in [-0.1, -0.05) is 55.5 Å². The Morgan fingerprint density at radius 1 is 1.06 bits per heavy atom. The van der Waals surface area contributed by atoms with E-state index in [1.165, 1.54) is 11.1 Å². The van der Waals surface area contributed by atoms with Crippen LogP contribution in [0.2, 0.25) is 0 Å². The summed E-state index contributed by atoms with van der Waals surface area (Å²) in [4.78, 5) is 38.5. The van der Waals surface area contributed by atoms with Gasteiger partial charge in [-0.2, -0.15) is 0 Å². The van der Waals surface area contributed by atoms with Crippen molar-refractivity contribution in [3.63, 3.8) is 0 Å². The Kier molecular flexibility index (Phi) is 6.02. The average Bonchev–Trinajstić information content (AvgIpc) is 3.49. The van der Waals surface area contributed by atoms with Gasteiger partial charge in [0.05, 0.1) is 5.92 Å². The molecule has 2 N–H and O–H groups in total. The monoisotopic (exact) mass is 462 g/mol. The SMILES string of the molecule is CCC(CC(=O)N1CC[C@@H]2C(C(=O)O)[C@@H]2C1)NC(=O)OCC1c2ccccc2-c2ccccc21. The largest absolute Gasteiger partial charge is 0.481 e. The van der Waals surface area contributed by atoms with E-state index in [0.717, 1.165) is 17.5 Å². The molecule has 1 saturated carbocycles. The molecule has 2 amide bonds. The number of ether oxygens (including phenoxy) is 1. The molecule has 3 aliphatic rings. The lowest BCUT2D eigenvalue weighted by Gasteiger charge is -2.28. The molecule has 0 radical (unpaired) electrons. The zero-order valence-corrected chi connectivity index (χ0v) is 19.3. The second kappa shape index (κ2) is 9.12. The third-order valence-electron chi connectivity index (χ3n) is 7.71. The minimum atomic E-state index is -0.757. The normalized spacial score (nSPS) is 23.3. The Morgan fingerprint density at radius 2 is 1.71 bits per heavy atom. The van der Waals surface area contributed by atoms with Crippen LogP contribution in [0.3, 0.4) is 0 Å². The van der Waals surface area contributed by atoms with Crippen LogP contribution in [0.15, 0.2) is 48.5 Å². The zero-order chi connectivity index (χ0) is 23.8. The Labute approximate surface area is 199 Å². The van der Waals surface area contributed by atoms with Crippen LogP contribution in [0.4, 0.5) is 4.79 Å². The van der Waals surface area contributed by atoms with Crippen molar-refractivity contribution in [3.05, 3.63) is 59.7 Å². The van der Waals surface area contributed by atoms with Gasteiger partial charge in [0.15, 0.2) is 0 Å². The molecule has 2 fully saturated rings. The van der Waals surface area contributed by atoms with Crippen molar-refractivity contribution in [2.75, 3.05) is 19.7 Å². The van der Waals surface area contributed by atoms with Crippen LogP contribution in [0.25, 0.3) is 11.1 Å². The molecule has 1 aliphatic heterocycles. The van der Waals surface area contributed by atoms with Crippen LogP contribution in [-0.2, 0) is 14.3 Å². The zero-order valence-electron chi connectivity index (χ0n) is 19.3. The molecule has 0 spiro atoms. The van der Waals surface area contributed by atoms with E-state index in [4.69, 9.17) is 4.74 Å². The average molecular weight is 463 g/mol. The maximum atomic E-state index is 12.8. The number of carboxylic acid groups (broad SMARTS) is 1. The van der Waals surface area contributed by atoms with Crippen molar-refractivity contribution >= 4 is 18.0 Å². The third-order valence-corrected chi connectivity index (χ3v) is 7.71. The van der Waals surface area contributed by atoms with Crippen LogP contribution < -0.4 is 5.32 Å². The van der Waals surface area contributed by atoms with Gasteiger partial charge in [0.2, 0.25) is 5.91 Å². The summed E-state index contributed by atoms with van der Waals surface area (Å²) in [6, 6.07) is 16.0. The number of hydrogen-bond acceptors (Lipinski definition) is 4. The maximum Gasteiger partial charge on any atom is 0.407 e. The maximum absolute atomic E-state index is 12.8. The summed E-state index contributed by atoms with van der Waals surface area (Å²) in [6.07, 6.45) is 1.02. The van der Waals surface area contributed by atoms with Gasteiger partial charge in [0.25, 0.3) is 0 Å². The van der Waals surface area contributed by atoms with E-state index >= 15 is 0 Å². The molecular formula is C27H30N2O5. The van der Waals surface area contributed by atoms with Crippen molar-refractivity contribution in [1.82, 2.24) is 10.2 Å². The number of carbonyl (C=O) groups is 3. The van der Waals surface area contributed by atoms with E-state index < -0.39 is 12.1 Å². The lowest BCUT2D eigenvalue weighted by Crippen LogP contribution is -2.43. The number of carbonyl (C=O) groups excluding carboxylic acids is 2. The third kappa shape index (κ3) is 4.15. The van der Waals surface area contributed by atoms with Gasteiger partial charge in [-0.25, -0.2) is 4.79 Å². The topological polar surface area (TPSA) is 95.9 Å². The van der Waals surface area contributed by atoms with Crippen molar-refractivity contribution < 1.29 is 24.2 Å². The molecular weight excluding hydrogens is 432 g/mol. The van der Waals surface area contributed by atoms with Gasteiger partial charge in [-0.3, -0.25) is 9.59 Å². The predicted molar refractivity (Wildman–Crippen MR) is 126 cm³/mol. The van der Waals surface area contributed by atoms with Crippen LogP contribution in [-0.4, -0.2) is 53.7 Å². The van der Waals surface area contributed by atoms with Crippen molar-refractivity contribution in [3.8, 4) is 11.1 Å². The van der Waals surface area contributed by atoms with E-state index in [0.29, 0.717) is 19.5 Å². The van der Waals surface area contributed by atoms with Gasteiger partial charge in [-0.05, 0) is 46.9 Å². The van der Waals surface area contributed by atoms with Gasteiger partial charge < -0.3 is 20.1 Å². The summed E-state index contributed by atoms with van der Waals surface area (Å²) in [7, 11) is 0. The van der Waals surface area contributed by atoms with Crippen LogP contribution >= 0.6 is 0 Å². The van der Waals surface area contributed by atoms with Crippen LogP contribution in [0.1, 0.15) is 43.2 Å². The highest BCUT2D eigenvalue weighted by atomic mass is 16.5. The number of piperidine rings is 1. The van der Waals surface area contributed by atoms with E-state index in [-0.39, 0.29) is 48.6 Å². The summed E-state index contributed by atoms with van der Waals surface area (Å²) in [5.74, 6) is -0.832. The fourth-order valence-electron chi connectivity index (χ4n) is 5.78. The first-order valence-corrected chi connectivity index (χ1v) is 12.1. The van der Waals surface area contributed by atoms with E-state index in [2.05, 4.69) is 29.6 Å². The molecule has 7 heteroatoms. The molecule has 4 atom stereocenters. The molecule has 7 nitrogen and oxygen atoms in total. The Morgan fingerprint density at radius 3 is 2.32 bits per heavy atom. The number of fused-ring (bicyclic) bond motifs is 4. The highest BCUT2D eigenvalue weighted by molar-refractivity contribution is 5.80. The second-order valence-corrected chi connectivity index (χ2v) is 9.60. The van der Waals surface area contributed by atoms with Crippen molar-refractivity contribution in [2.45, 2.75) is 38.1 Å². The highest BCUT2D eigenvalue weighted by Gasteiger charge is 2.57. The van der Waals surface area contributed by atoms with Crippen molar-refractivity contribution in [2.24, 2.45) is 17.8 Å². The molecule has 34 heavy (non-hydrogen) atoms. The minimum Gasteiger partial charge on any atom is -0.481 e. The molecule has 5 rings (SSSR count). The first kappa shape index (κ1) is 22.4. The fourth-order valence-corrected chi connectivity index (χ4v) is 5.78. The molecule has 1 heterocycles. The standard InChI is InChI=1S/C27H30N2O5/c1-2-16(13-24(30)29-12-11-21-22(14-29)25(21)26(31)32)28-27(33)34-15-23-19-9-5-3-7-17(19)18-8-4-6-10-20(18)23/h3-10,16,21-23,25H,2,11-15H2,1H3,(H,28,33)(H,31,32)/t16?,21-,22+,25?/m0/s1. The molecule has 2 unspecified atom stereocenters. The van der Waals surface area contributed by atoms with E-state index in [1.54, 1.807) is 4.90 Å². The molecule has 0 aromatic heterocycles. The van der Waals surface area contributed by atoms with Gasteiger partial charge in [0, 0.05) is 31.5 Å². The molecule has 2 aliphatic carbocycles. The highest BCUT2D eigenvalue weighted by Crippen LogP contribution is 2.51. The number of nitrogens with zero attached hydrogens (tertiary/aromatic N) is 1. The quantitative estimate of drug-likeness (QED) is 0.651. The van der Waals surface area contributed by atoms with Crippen LogP contribution in [0, 0.1) is 17.8 Å².